The summed E-state index contributed by atoms with van der Waals surface area (Å²) >= 11 is 0. The summed E-state index contributed by atoms with van der Waals surface area (Å²) in [4.78, 5) is 15.7. The van der Waals surface area contributed by atoms with Gasteiger partial charge in [-0.2, -0.15) is 5.26 Å². The number of hydrogen-bond donors (Lipinski definition) is 1. The molecule has 0 aliphatic rings. The zero-order valence-electron chi connectivity index (χ0n) is 9.69. The molecular weight excluding hydrogens is 202 g/mol. The first-order chi connectivity index (χ1) is 7.47. The van der Waals surface area contributed by atoms with E-state index in [0.717, 1.165) is 5.56 Å². The van der Waals surface area contributed by atoms with Gasteiger partial charge in [0.1, 0.15) is 5.41 Å². The van der Waals surface area contributed by atoms with Gasteiger partial charge in [0.15, 0.2) is 0 Å². The number of carbonyl (C=O) groups is 1. The molecule has 1 amide bonds. The highest BCUT2D eigenvalue weighted by Crippen LogP contribution is 2.17. The van der Waals surface area contributed by atoms with Gasteiger partial charge in [-0.05, 0) is 32.4 Å². The maximum absolute atomic E-state index is 11.7. The maximum atomic E-state index is 11.7. The van der Waals surface area contributed by atoms with Crippen LogP contribution < -0.4 is 5.32 Å². The molecule has 0 fully saturated rings. The lowest BCUT2D eigenvalue weighted by molar-refractivity contribution is -0.127. The summed E-state index contributed by atoms with van der Waals surface area (Å²) in [5.41, 5.74) is -0.0826. The van der Waals surface area contributed by atoms with Gasteiger partial charge in [0.05, 0.1) is 12.1 Å². The van der Waals surface area contributed by atoms with Crippen LogP contribution in [0.4, 0.5) is 0 Å². The summed E-state index contributed by atoms with van der Waals surface area (Å²) in [6.07, 6.45) is 3.38. The van der Waals surface area contributed by atoms with Crippen LogP contribution >= 0.6 is 0 Å². The molecule has 0 aromatic carbocycles. The zero-order chi connectivity index (χ0) is 12.2. The molecule has 0 radical (unpaired) electrons. The highest BCUT2D eigenvalue weighted by Gasteiger charge is 2.28. The van der Waals surface area contributed by atoms with Crippen LogP contribution in [0, 0.1) is 16.7 Å². The molecule has 0 saturated carbocycles. The number of rotatable bonds is 3. The Morgan fingerprint density at radius 1 is 1.62 bits per heavy atom. The maximum Gasteiger partial charge on any atom is 0.240 e. The van der Waals surface area contributed by atoms with E-state index < -0.39 is 5.41 Å². The average molecular weight is 217 g/mol. The Labute approximate surface area is 95.3 Å². The normalized spacial score (nSPS) is 12.6. The quantitative estimate of drug-likeness (QED) is 0.839. The lowest BCUT2D eigenvalue weighted by Crippen LogP contribution is -2.37. The van der Waals surface area contributed by atoms with Gasteiger partial charge < -0.3 is 5.32 Å². The second-order valence-electron chi connectivity index (χ2n) is 4.22. The van der Waals surface area contributed by atoms with Crippen LogP contribution in [0.15, 0.2) is 24.5 Å². The number of pyridine rings is 1. The van der Waals surface area contributed by atoms with Gasteiger partial charge >= 0.3 is 0 Å². The smallest absolute Gasteiger partial charge is 0.240 e. The van der Waals surface area contributed by atoms with E-state index in [0.29, 0.717) is 0 Å². The van der Waals surface area contributed by atoms with E-state index in [4.69, 9.17) is 5.26 Å². The van der Waals surface area contributed by atoms with E-state index in [9.17, 15) is 4.79 Å². The number of carbonyl (C=O) groups excluding carboxylic acids is 1. The average Bonchev–Trinajstić information content (AvgIpc) is 2.30. The summed E-state index contributed by atoms with van der Waals surface area (Å²) in [6, 6.07) is 5.52. The van der Waals surface area contributed by atoms with Gasteiger partial charge in [-0.25, -0.2) is 0 Å². The van der Waals surface area contributed by atoms with Crippen molar-refractivity contribution in [2.24, 2.45) is 5.41 Å². The van der Waals surface area contributed by atoms with Crippen LogP contribution in [0.5, 0.6) is 0 Å². The molecule has 1 heterocycles. The van der Waals surface area contributed by atoms with E-state index in [2.05, 4.69) is 10.3 Å². The van der Waals surface area contributed by atoms with Crippen molar-refractivity contribution in [2.45, 2.75) is 26.8 Å². The van der Waals surface area contributed by atoms with Gasteiger partial charge in [-0.3, -0.25) is 9.78 Å². The number of nitrogens with zero attached hydrogens (tertiary/aromatic N) is 2. The van der Waals surface area contributed by atoms with Crippen molar-refractivity contribution < 1.29 is 4.79 Å². The molecule has 84 valence electrons. The Morgan fingerprint density at radius 2 is 2.31 bits per heavy atom. The number of amides is 1. The lowest BCUT2D eigenvalue weighted by atomic mass is 9.94. The molecule has 4 heteroatoms. The highest BCUT2D eigenvalue weighted by molar-refractivity contribution is 5.84. The predicted molar refractivity (Wildman–Crippen MR) is 60.2 cm³/mol. The lowest BCUT2D eigenvalue weighted by Gasteiger charge is -2.19. The van der Waals surface area contributed by atoms with Crippen LogP contribution in [0.25, 0.3) is 0 Å². The van der Waals surface area contributed by atoms with E-state index in [1.54, 1.807) is 26.2 Å². The van der Waals surface area contributed by atoms with E-state index >= 15 is 0 Å². The molecule has 0 saturated heterocycles. The van der Waals surface area contributed by atoms with Crippen molar-refractivity contribution in [1.29, 1.82) is 5.26 Å². The molecule has 1 rings (SSSR count). The summed E-state index contributed by atoms with van der Waals surface area (Å²) < 4.78 is 0. The standard InChI is InChI=1S/C12H15N3O/c1-9(10-5-4-6-14-7-10)15-11(16)12(2,3)8-13/h4-7,9H,1-3H3,(H,15,16). The Bertz CT molecular complexity index is 406. The minimum absolute atomic E-state index is 0.145. The fourth-order valence-electron chi connectivity index (χ4n) is 1.14. The van der Waals surface area contributed by atoms with E-state index in [1.165, 1.54) is 0 Å². The summed E-state index contributed by atoms with van der Waals surface area (Å²) in [6.45, 7) is 5.05. The first-order valence-corrected chi connectivity index (χ1v) is 5.09. The molecule has 0 aliphatic heterocycles. The number of nitrogens with one attached hydrogen (secondary N) is 1. The van der Waals surface area contributed by atoms with E-state index in [1.807, 2.05) is 25.1 Å². The molecule has 16 heavy (non-hydrogen) atoms. The van der Waals surface area contributed by atoms with Crippen LogP contribution in [-0.4, -0.2) is 10.9 Å². The van der Waals surface area contributed by atoms with Crippen molar-refractivity contribution in [1.82, 2.24) is 10.3 Å². The first kappa shape index (κ1) is 12.2. The number of aromatic nitrogens is 1. The third-order valence-corrected chi connectivity index (χ3v) is 2.38. The second kappa shape index (κ2) is 4.75. The first-order valence-electron chi connectivity index (χ1n) is 5.09. The predicted octanol–water partition coefficient (Wildman–Crippen LogP) is 1.81. The molecule has 1 N–H and O–H groups in total. The van der Waals surface area contributed by atoms with Crippen molar-refractivity contribution in [3.63, 3.8) is 0 Å². The second-order valence-corrected chi connectivity index (χ2v) is 4.22. The van der Waals surface area contributed by atoms with Crippen LogP contribution in [0.1, 0.15) is 32.4 Å². The van der Waals surface area contributed by atoms with Crippen LogP contribution in [-0.2, 0) is 4.79 Å². The van der Waals surface area contributed by atoms with Gasteiger partial charge in [-0.1, -0.05) is 6.07 Å². The SMILES string of the molecule is CC(NC(=O)C(C)(C)C#N)c1cccnc1. The van der Waals surface area contributed by atoms with Crippen molar-refractivity contribution >= 4 is 5.91 Å². The fraction of sp³-hybridized carbons (Fsp3) is 0.417. The van der Waals surface area contributed by atoms with Crippen molar-refractivity contribution in [3.8, 4) is 6.07 Å². The molecule has 0 spiro atoms. The molecule has 1 atom stereocenters. The monoisotopic (exact) mass is 217 g/mol. The minimum atomic E-state index is -1.00. The Hall–Kier alpha value is -1.89. The van der Waals surface area contributed by atoms with Crippen LogP contribution in [0.3, 0.4) is 0 Å². The van der Waals surface area contributed by atoms with Gasteiger partial charge in [0.2, 0.25) is 5.91 Å². The van der Waals surface area contributed by atoms with Crippen LogP contribution in [0.2, 0.25) is 0 Å². The summed E-state index contributed by atoms with van der Waals surface area (Å²) in [7, 11) is 0. The number of hydrogen-bond acceptors (Lipinski definition) is 3. The number of nitriles is 1. The van der Waals surface area contributed by atoms with Gasteiger partial charge in [0, 0.05) is 12.4 Å². The molecule has 1 unspecified atom stereocenters. The third kappa shape index (κ3) is 2.80. The molecule has 0 bridgehead atoms. The third-order valence-electron chi connectivity index (χ3n) is 2.38. The van der Waals surface area contributed by atoms with Gasteiger partial charge in [0.25, 0.3) is 0 Å². The van der Waals surface area contributed by atoms with Crippen molar-refractivity contribution in [3.05, 3.63) is 30.1 Å². The Kier molecular flexibility index (Phi) is 3.62. The topological polar surface area (TPSA) is 65.8 Å². The Balaban J connectivity index is 2.70. The molecular formula is C12H15N3O. The largest absolute Gasteiger partial charge is 0.348 e. The fourth-order valence-corrected chi connectivity index (χ4v) is 1.14. The van der Waals surface area contributed by atoms with Gasteiger partial charge in [-0.15, -0.1) is 0 Å². The molecule has 1 aromatic heterocycles. The van der Waals surface area contributed by atoms with Crippen molar-refractivity contribution in [2.75, 3.05) is 0 Å². The molecule has 1 aromatic rings. The summed E-state index contributed by atoms with van der Waals surface area (Å²) in [5.74, 6) is -0.272. The highest BCUT2D eigenvalue weighted by atomic mass is 16.2. The minimum Gasteiger partial charge on any atom is -0.348 e. The molecule has 0 aliphatic carbocycles. The van der Waals surface area contributed by atoms with E-state index in [-0.39, 0.29) is 11.9 Å². The molecule has 4 nitrogen and oxygen atoms in total. The zero-order valence-corrected chi connectivity index (χ0v) is 9.69. The Morgan fingerprint density at radius 3 is 2.81 bits per heavy atom. The summed E-state index contributed by atoms with van der Waals surface area (Å²) in [5, 5.41) is 11.6.